The van der Waals surface area contributed by atoms with E-state index >= 15 is 0 Å². The summed E-state index contributed by atoms with van der Waals surface area (Å²) in [6, 6.07) is 0. The SMILES string of the molecule is COCCCNCCSC1CCOC1C. The zero-order chi connectivity index (χ0) is 10.9. The van der Waals surface area contributed by atoms with E-state index in [2.05, 4.69) is 12.2 Å². The number of nitrogens with one attached hydrogen (secondary N) is 1. The molecule has 90 valence electrons. The second-order valence-corrected chi connectivity index (χ2v) is 5.22. The van der Waals surface area contributed by atoms with Crippen LogP contribution >= 0.6 is 11.8 Å². The van der Waals surface area contributed by atoms with Crippen LogP contribution in [0.15, 0.2) is 0 Å². The maximum Gasteiger partial charge on any atom is 0.0666 e. The Morgan fingerprint density at radius 1 is 1.47 bits per heavy atom. The number of methoxy groups -OCH3 is 1. The van der Waals surface area contributed by atoms with Crippen LogP contribution in [0.25, 0.3) is 0 Å². The molecule has 0 saturated carbocycles. The number of rotatable bonds is 8. The summed E-state index contributed by atoms with van der Waals surface area (Å²) in [7, 11) is 1.75. The molecule has 0 aromatic rings. The Morgan fingerprint density at radius 3 is 3.00 bits per heavy atom. The number of thioether (sulfide) groups is 1. The molecular weight excluding hydrogens is 210 g/mol. The summed E-state index contributed by atoms with van der Waals surface area (Å²) < 4.78 is 10.5. The van der Waals surface area contributed by atoms with Gasteiger partial charge in [0.1, 0.15) is 0 Å². The number of hydrogen-bond donors (Lipinski definition) is 1. The zero-order valence-corrected chi connectivity index (χ0v) is 10.6. The fourth-order valence-corrected chi connectivity index (χ4v) is 2.86. The van der Waals surface area contributed by atoms with Crippen LogP contribution in [-0.4, -0.2) is 50.5 Å². The summed E-state index contributed by atoms with van der Waals surface area (Å²) in [5.74, 6) is 1.19. The van der Waals surface area contributed by atoms with Gasteiger partial charge in [-0.05, 0) is 26.3 Å². The first kappa shape index (κ1) is 13.3. The van der Waals surface area contributed by atoms with Crippen LogP contribution < -0.4 is 5.32 Å². The first-order chi connectivity index (χ1) is 7.34. The van der Waals surface area contributed by atoms with Crippen LogP contribution in [0.3, 0.4) is 0 Å². The molecule has 0 spiro atoms. The van der Waals surface area contributed by atoms with E-state index in [9.17, 15) is 0 Å². The largest absolute Gasteiger partial charge is 0.385 e. The lowest BCUT2D eigenvalue weighted by Crippen LogP contribution is -2.22. The van der Waals surface area contributed by atoms with Gasteiger partial charge in [0.25, 0.3) is 0 Å². The lowest BCUT2D eigenvalue weighted by molar-refractivity contribution is 0.127. The van der Waals surface area contributed by atoms with Gasteiger partial charge in [-0.15, -0.1) is 0 Å². The Morgan fingerprint density at radius 2 is 2.33 bits per heavy atom. The average molecular weight is 233 g/mol. The standard InChI is InChI=1S/C11H23NO2S/c1-10-11(4-8-14-10)15-9-6-12-5-3-7-13-2/h10-12H,3-9H2,1-2H3. The lowest BCUT2D eigenvalue weighted by atomic mass is 10.3. The molecule has 15 heavy (non-hydrogen) atoms. The van der Waals surface area contributed by atoms with Gasteiger partial charge < -0.3 is 14.8 Å². The van der Waals surface area contributed by atoms with Crippen molar-refractivity contribution >= 4 is 11.8 Å². The molecule has 0 radical (unpaired) electrons. The predicted octanol–water partition coefficient (Wildman–Crippen LogP) is 1.52. The Labute approximate surface area is 97.3 Å². The third-order valence-corrected chi connectivity index (χ3v) is 4.11. The minimum Gasteiger partial charge on any atom is -0.385 e. The molecule has 1 N–H and O–H groups in total. The molecule has 1 saturated heterocycles. The molecule has 0 amide bonds. The number of ether oxygens (including phenoxy) is 2. The molecule has 4 heteroatoms. The fraction of sp³-hybridized carbons (Fsp3) is 1.00. The van der Waals surface area contributed by atoms with Crippen molar-refractivity contribution in [2.75, 3.05) is 39.2 Å². The summed E-state index contributed by atoms with van der Waals surface area (Å²) >= 11 is 2.04. The lowest BCUT2D eigenvalue weighted by Gasteiger charge is -2.13. The summed E-state index contributed by atoms with van der Waals surface area (Å²) in [5.41, 5.74) is 0. The first-order valence-electron chi connectivity index (χ1n) is 5.77. The Kier molecular flexibility index (Phi) is 7.44. The van der Waals surface area contributed by atoms with Crippen molar-refractivity contribution in [1.82, 2.24) is 5.32 Å². The molecule has 1 heterocycles. The Hall–Kier alpha value is 0.230. The van der Waals surface area contributed by atoms with E-state index in [0.29, 0.717) is 11.4 Å². The van der Waals surface area contributed by atoms with E-state index in [-0.39, 0.29) is 0 Å². The zero-order valence-electron chi connectivity index (χ0n) is 9.83. The minimum atomic E-state index is 0.448. The molecule has 0 aromatic heterocycles. The summed E-state index contributed by atoms with van der Waals surface area (Å²) in [4.78, 5) is 0. The molecule has 1 fully saturated rings. The van der Waals surface area contributed by atoms with Gasteiger partial charge in [-0.2, -0.15) is 11.8 Å². The molecule has 3 nitrogen and oxygen atoms in total. The Bertz CT molecular complexity index is 158. The number of hydrogen-bond acceptors (Lipinski definition) is 4. The molecule has 2 atom stereocenters. The maximum atomic E-state index is 5.52. The third kappa shape index (κ3) is 5.76. The van der Waals surface area contributed by atoms with Crippen molar-refractivity contribution in [3.05, 3.63) is 0 Å². The van der Waals surface area contributed by atoms with Crippen molar-refractivity contribution in [2.45, 2.75) is 31.1 Å². The summed E-state index contributed by atoms with van der Waals surface area (Å²) in [6.07, 6.45) is 2.77. The Balaban J connectivity index is 1.84. The van der Waals surface area contributed by atoms with E-state index in [0.717, 1.165) is 32.7 Å². The van der Waals surface area contributed by atoms with Gasteiger partial charge in [-0.1, -0.05) is 0 Å². The molecule has 0 aliphatic carbocycles. The van der Waals surface area contributed by atoms with E-state index < -0.39 is 0 Å². The van der Waals surface area contributed by atoms with Crippen LogP contribution in [-0.2, 0) is 9.47 Å². The second-order valence-electron chi connectivity index (χ2n) is 3.87. The van der Waals surface area contributed by atoms with E-state index in [1.54, 1.807) is 7.11 Å². The van der Waals surface area contributed by atoms with Crippen LogP contribution in [0.1, 0.15) is 19.8 Å². The quantitative estimate of drug-likeness (QED) is 0.644. The highest BCUT2D eigenvalue weighted by molar-refractivity contribution is 8.00. The van der Waals surface area contributed by atoms with Crippen molar-refractivity contribution in [1.29, 1.82) is 0 Å². The highest BCUT2D eigenvalue weighted by Crippen LogP contribution is 2.25. The van der Waals surface area contributed by atoms with Crippen LogP contribution in [0.2, 0.25) is 0 Å². The normalized spacial score (nSPS) is 26.0. The molecule has 0 bridgehead atoms. The van der Waals surface area contributed by atoms with Crippen molar-refractivity contribution < 1.29 is 9.47 Å². The highest BCUT2D eigenvalue weighted by atomic mass is 32.2. The fourth-order valence-electron chi connectivity index (χ4n) is 1.68. The summed E-state index contributed by atoms with van der Waals surface area (Å²) in [6.45, 7) is 6.13. The van der Waals surface area contributed by atoms with Gasteiger partial charge in [0.2, 0.25) is 0 Å². The van der Waals surface area contributed by atoms with E-state index in [4.69, 9.17) is 9.47 Å². The van der Waals surface area contributed by atoms with Crippen LogP contribution in [0, 0.1) is 0 Å². The molecule has 2 unspecified atom stereocenters. The third-order valence-electron chi connectivity index (χ3n) is 2.62. The van der Waals surface area contributed by atoms with Crippen LogP contribution in [0.5, 0.6) is 0 Å². The van der Waals surface area contributed by atoms with E-state index in [1.165, 1.54) is 12.2 Å². The van der Waals surface area contributed by atoms with Gasteiger partial charge in [-0.3, -0.25) is 0 Å². The molecule has 1 aliphatic heterocycles. The predicted molar refractivity (Wildman–Crippen MR) is 65.6 cm³/mol. The van der Waals surface area contributed by atoms with Gasteiger partial charge in [0.05, 0.1) is 6.10 Å². The minimum absolute atomic E-state index is 0.448. The van der Waals surface area contributed by atoms with Crippen molar-refractivity contribution in [3.63, 3.8) is 0 Å². The summed E-state index contributed by atoms with van der Waals surface area (Å²) in [5, 5.41) is 4.13. The smallest absolute Gasteiger partial charge is 0.0666 e. The van der Waals surface area contributed by atoms with Gasteiger partial charge in [-0.25, -0.2) is 0 Å². The topological polar surface area (TPSA) is 30.5 Å². The highest BCUT2D eigenvalue weighted by Gasteiger charge is 2.23. The van der Waals surface area contributed by atoms with E-state index in [1.807, 2.05) is 11.8 Å². The molecule has 0 aromatic carbocycles. The van der Waals surface area contributed by atoms with Gasteiger partial charge >= 0.3 is 0 Å². The first-order valence-corrected chi connectivity index (χ1v) is 6.82. The average Bonchev–Trinajstić information content (AvgIpc) is 2.63. The second kappa shape index (κ2) is 8.39. The van der Waals surface area contributed by atoms with Crippen LogP contribution in [0.4, 0.5) is 0 Å². The van der Waals surface area contributed by atoms with Crippen molar-refractivity contribution in [2.24, 2.45) is 0 Å². The van der Waals surface area contributed by atoms with Crippen molar-refractivity contribution in [3.8, 4) is 0 Å². The maximum absolute atomic E-state index is 5.52. The molecule has 1 rings (SSSR count). The molecular formula is C11H23NO2S. The molecule has 1 aliphatic rings. The van der Waals surface area contributed by atoms with Gasteiger partial charge in [0, 0.05) is 37.9 Å². The monoisotopic (exact) mass is 233 g/mol. The van der Waals surface area contributed by atoms with Gasteiger partial charge in [0.15, 0.2) is 0 Å².